The Bertz CT molecular complexity index is 1290. The molecule has 0 spiro atoms. The fourth-order valence-corrected chi connectivity index (χ4v) is 3.63. The Morgan fingerprint density at radius 3 is 1.86 bits per heavy atom. The third-order valence-electron chi connectivity index (χ3n) is 4.90. The molecule has 0 radical (unpaired) electrons. The summed E-state index contributed by atoms with van der Waals surface area (Å²) in [5.74, 6) is 1.46. The van der Waals surface area contributed by atoms with Crippen molar-refractivity contribution in [2.24, 2.45) is 0 Å². The van der Waals surface area contributed by atoms with Gasteiger partial charge in [0.1, 0.15) is 5.75 Å². The molecule has 0 unspecified atom stereocenters. The van der Waals surface area contributed by atoms with Crippen LogP contribution in [0.1, 0.15) is 5.56 Å². The van der Waals surface area contributed by atoms with E-state index in [1.165, 1.54) is 10.8 Å². The van der Waals surface area contributed by atoms with Crippen molar-refractivity contribution in [2.75, 3.05) is 0 Å². The minimum atomic E-state index is 0.614. The molecule has 132 valence electrons. The van der Waals surface area contributed by atoms with E-state index in [0.717, 1.165) is 22.5 Å². The highest BCUT2D eigenvalue weighted by molar-refractivity contribution is 6.09. The van der Waals surface area contributed by atoms with Crippen LogP contribution in [0.2, 0.25) is 0 Å². The lowest BCUT2D eigenvalue weighted by Gasteiger charge is -2.14. The lowest BCUT2D eigenvalue weighted by atomic mass is 10.2. The third kappa shape index (κ3) is 2.60. The number of para-hydroxylation sites is 4. The number of nitriles is 1. The van der Waals surface area contributed by atoms with Crippen LogP contribution in [0.5, 0.6) is 11.5 Å². The molecular formula is C25H16N2O. The minimum Gasteiger partial charge on any atom is -0.455 e. The zero-order chi connectivity index (χ0) is 18.9. The van der Waals surface area contributed by atoms with Gasteiger partial charge < -0.3 is 9.30 Å². The molecule has 0 aliphatic heterocycles. The van der Waals surface area contributed by atoms with Crippen LogP contribution in [-0.2, 0) is 0 Å². The number of hydrogen-bond donors (Lipinski definition) is 0. The van der Waals surface area contributed by atoms with Crippen LogP contribution in [0.3, 0.4) is 0 Å². The van der Waals surface area contributed by atoms with Gasteiger partial charge in [0.2, 0.25) is 0 Å². The van der Waals surface area contributed by atoms with Gasteiger partial charge in [-0.15, -0.1) is 0 Å². The van der Waals surface area contributed by atoms with Gasteiger partial charge in [-0.25, -0.2) is 0 Å². The van der Waals surface area contributed by atoms with Crippen molar-refractivity contribution in [1.29, 1.82) is 5.26 Å². The Kier molecular flexibility index (Phi) is 3.81. The molecule has 1 aromatic heterocycles. The van der Waals surface area contributed by atoms with E-state index in [1.54, 1.807) is 12.1 Å². The molecule has 0 aliphatic carbocycles. The lowest BCUT2D eigenvalue weighted by molar-refractivity contribution is 0.480. The summed E-state index contributed by atoms with van der Waals surface area (Å²) in [5.41, 5.74) is 3.87. The predicted octanol–water partition coefficient (Wildman–Crippen LogP) is 6.45. The molecule has 0 saturated heterocycles. The molecule has 0 saturated carbocycles. The average Bonchev–Trinajstić information content (AvgIpc) is 3.09. The number of ether oxygens (including phenoxy) is 1. The highest BCUT2D eigenvalue weighted by atomic mass is 16.5. The van der Waals surface area contributed by atoms with Crippen molar-refractivity contribution in [2.45, 2.75) is 0 Å². The molecule has 0 amide bonds. The summed E-state index contributed by atoms with van der Waals surface area (Å²) in [5, 5.41) is 11.4. The molecule has 3 nitrogen and oxygen atoms in total. The van der Waals surface area contributed by atoms with Crippen LogP contribution in [0.25, 0.3) is 27.5 Å². The van der Waals surface area contributed by atoms with Crippen LogP contribution in [0, 0.1) is 11.3 Å². The number of hydrogen-bond acceptors (Lipinski definition) is 2. The van der Waals surface area contributed by atoms with Crippen molar-refractivity contribution in [3.63, 3.8) is 0 Å². The van der Waals surface area contributed by atoms with E-state index in [2.05, 4.69) is 65.2 Å². The minimum absolute atomic E-state index is 0.614. The Hall–Kier alpha value is -4.03. The Morgan fingerprint density at radius 1 is 0.643 bits per heavy atom. The molecule has 0 N–H and O–H groups in total. The normalized spacial score (nSPS) is 10.8. The number of benzene rings is 4. The Morgan fingerprint density at radius 2 is 1.21 bits per heavy atom. The second-order valence-electron chi connectivity index (χ2n) is 6.58. The molecule has 0 atom stereocenters. The molecule has 0 aliphatic rings. The summed E-state index contributed by atoms with van der Waals surface area (Å²) in [4.78, 5) is 0. The van der Waals surface area contributed by atoms with Gasteiger partial charge in [-0.2, -0.15) is 5.26 Å². The Balaban J connectivity index is 1.71. The molecule has 28 heavy (non-hydrogen) atoms. The van der Waals surface area contributed by atoms with Gasteiger partial charge in [0.05, 0.1) is 28.4 Å². The molecule has 0 fully saturated rings. The van der Waals surface area contributed by atoms with E-state index in [1.807, 2.05) is 30.3 Å². The van der Waals surface area contributed by atoms with Gasteiger partial charge in [-0.3, -0.25) is 0 Å². The summed E-state index contributed by atoms with van der Waals surface area (Å²) in [7, 11) is 0. The van der Waals surface area contributed by atoms with Gasteiger partial charge >= 0.3 is 0 Å². The second kappa shape index (κ2) is 6.61. The Labute approximate surface area is 162 Å². The number of rotatable bonds is 3. The molecule has 0 bridgehead atoms. The fourth-order valence-electron chi connectivity index (χ4n) is 3.63. The van der Waals surface area contributed by atoms with Crippen LogP contribution in [0.4, 0.5) is 0 Å². The van der Waals surface area contributed by atoms with Crippen molar-refractivity contribution >= 4 is 21.8 Å². The molecule has 4 aromatic carbocycles. The van der Waals surface area contributed by atoms with E-state index < -0.39 is 0 Å². The standard InChI is InChI=1S/C25H16N2O/c26-17-18-13-15-19(16-14-18)28-25-12-6-5-11-24(25)27-22-9-3-1-7-20(22)21-8-2-4-10-23(21)27/h1-16H. The first-order valence-corrected chi connectivity index (χ1v) is 9.11. The lowest BCUT2D eigenvalue weighted by Crippen LogP contribution is -1.97. The molecule has 5 aromatic rings. The first-order valence-electron chi connectivity index (χ1n) is 9.11. The van der Waals surface area contributed by atoms with Crippen LogP contribution < -0.4 is 4.74 Å². The van der Waals surface area contributed by atoms with E-state index in [0.29, 0.717) is 11.3 Å². The SMILES string of the molecule is N#Cc1ccc(Oc2ccccc2-n2c3ccccc3c3ccccc32)cc1. The van der Waals surface area contributed by atoms with Crippen molar-refractivity contribution in [3.8, 4) is 23.3 Å². The second-order valence-corrected chi connectivity index (χ2v) is 6.58. The summed E-state index contributed by atoms with van der Waals surface area (Å²) in [6, 6.07) is 34.1. The van der Waals surface area contributed by atoms with E-state index in [4.69, 9.17) is 10.00 Å². The molecule has 3 heteroatoms. The van der Waals surface area contributed by atoms with Gasteiger partial charge in [0.15, 0.2) is 5.75 Å². The largest absolute Gasteiger partial charge is 0.455 e. The highest BCUT2D eigenvalue weighted by Crippen LogP contribution is 2.36. The van der Waals surface area contributed by atoms with Gasteiger partial charge in [0, 0.05) is 10.8 Å². The number of aromatic nitrogens is 1. The highest BCUT2D eigenvalue weighted by Gasteiger charge is 2.14. The maximum Gasteiger partial charge on any atom is 0.151 e. The molecular weight excluding hydrogens is 344 g/mol. The van der Waals surface area contributed by atoms with E-state index in [9.17, 15) is 0 Å². The zero-order valence-electron chi connectivity index (χ0n) is 15.0. The molecule has 5 rings (SSSR count). The average molecular weight is 360 g/mol. The maximum absolute atomic E-state index is 8.99. The first kappa shape index (κ1) is 16.2. The quantitative estimate of drug-likeness (QED) is 0.371. The van der Waals surface area contributed by atoms with Crippen molar-refractivity contribution in [3.05, 3.63) is 103 Å². The smallest absolute Gasteiger partial charge is 0.151 e. The fraction of sp³-hybridized carbons (Fsp3) is 0. The van der Waals surface area contributed by atoms with Crippen LogP contribution >= 0.6 is 0 Å². The number of nitrogens with zero attached hydrogens (tertiary/aromatic N) is 2. The van der Waals surface area contributed by atoms with Crippen molar-refractivity contribution < 1.29 is 4.74 Å². The summed E-state index contributed by atoms with van der Waals surface area (Å²) in [6.07, 6.45) is 0. The topological polar surface area (TPSA) is 37.9 Å². The van der Waals surface area contributed by atoms with Crippen LogP contribution in [0.15, 0.2) is 97.1 Å². The summed E-state index contributed by atoms with van der Waals surface area (Å²) >= 11 is 0. The predicted molar refractivity (Wildman–Crippen MR) is 112 cm³/mol. The van der Waals surface area contributed by atoms with Gasteiger partial charge in [0.25, 0.3) is 0 Å². The molecule has 1 heterocycles. The number of fused-ring (bicyclic) bond motifs is 3. The third-order valence-corrected chi connectivity index (χ3v) is 4.90. The van der Waals surface area contributed by atoms with Gasteiger partial charge in [-0.1, -0.05) is 48.5 Å². The van der Waals surface area contributed by atoms with Crippen LogP contribution in [-0.4, -0.2) is 4.57 Å². The zero-order valence-corrected chi connectivity index (χ0v) is 15.0. The van der Waals surface area contributed by atoms with Gasteiger partial charge in [-0.05, 0) is 48.5 Å². The summed E-state index contributed by atoms with van der Waals surface area (Å²) in [6.45, 7) is 0. The van der Waals surface area contributed by atoms with Crippen molar-refractivity contribution in [1.82, 2.24) is 4.57 Å². The monoisotopic (exact) mass is 360 g/mol. The maximum atomic E-state index is 8.99. The first-order chi connectivity index (χ1) is 13.8. The van der Waals surface area contributed by atoms with E-state index >= 15 is 0 Å². The summed E-state index contributed by atoms with van der Waals surface area (Å²) < 4.78 is 8.44. The van der Waals surface area contributed by atoms with E-state index in [-0.39, 0.29) is 0 Å².